The van der Waals surface area contributed by atoms with Crippen molar-refractivity contribution in [1.29, 1.82) is 5.41 Å². The molecule has 1 aliphatic rings. The summed E-state index contributed by atoms with van der Waals surface area (Å²) in [6, 6.07) is 0. The summed E-state index contributed by atoms with van der Waals surface area (Å²) >= 11 is 1.06. The first-order valence-electron chi connectivity index (χ1n) is 4.21. The maximum Gasteiger partial charge on any atom is 0.168 e. The SMILES string of the molecule is Cl.N=C(c1nsnc1N)N1CCCC1. The third-order valence-corrected chi connectivity index (χ3v) is 2.70. The Balaban J connectivity index is 0.000000980. The molecule has 0 unspecified atom stereocenters. The molecule has 3 N–H and O–H groups in total. The number of likely N-dealkylation sites (tertiary alicyclic amines) is 1. The first kappa shape index (κ1) is 11.2. The number of aromatic nitrogens is 2. The highest BCUT2D eigenvalue weighted by atomic mass is 35.5. The Morgan fingerprint density at radius 3 is 2.50 bits per heavy atom. The van der Waals surface area contributed by atoms with Gasteiger partial charge >= 0.3 is 0 Å². The largest absolute Gasteiger partial charge is 0.381 e. The molecule has 0 radical (unpaired) electrons. The van der Waals surface area contributed by atoms with Gasteiger partial charge in [-0.25, -0.2) is 0 Å². The molecular formula is C7H12ClN5S. The highest BCUT2D eigenvalue weighted by Gasteiger charge is 2.20. The van der Waals surface area contributed by atoms with Crippen LogP contribution in [-0.2, 0) is 0 Å². The predicted molar refractivity (Wildman–Crippen MR) is 59.2 cm³/mol. The molecule has 14 heavy (non-hydrogen) atoms. The van der Waals surface area contributed by atoms with E-state index in [9.17, 15) is 0 Å². The molecule has 5 nitrogen and oxygen atoms in total. The van der Waals surface area contributed by atoms with Gasteiger partial charge in [0.25, 0.3) is 0 Å². The minimum absolute atomic E-state index is 0. The molecular weight excluding hydrogens is 222 g/mol. The molecule has 1 aliphatic heterocycles. The maximum absolute atomic E-state index is 7.83. The lowest BCUT2D eigenvalue weighted by Crippen LogP contribution is -2.28. The lowest BCUT2D eigenvalue weighted by atomic mass is 10.3. The van der Waals surface area contributed by atoms with Crippen LogP contribution in [0, 0.1) is 5.41 Å². The van der Waals surface area contributed by atoms with E-state index < -0.39 is 0 Å². The van der Waals surface area contributed by atoms with Crippen molar-refractivity contribution in [1.82, 2.24) is 13.6 Å². The van der Waals surface area contributed by atoms with Crippen LogP contribution in [0.3, 0.4) is 0 Å². The molecule has 2 rings (SSSR count). The lowest BCUT2D eigenvalue weighted by molar-refractivity contribution is 0.516. The van der Waals surface area contributed by atoms with Crippen molar-refractivity contribution < 1.29 is 0 Å². The zero-order valence-corrected chi connectivity index (χ0v) is 9.20. The molecule has 7 heteroatoms. The number of nitrogens with zero attached hydrogens (tertiary/aromatic N) is 3. The van der Waals surface area contributed by atoms with Gasteiger partial charge in [-0.05, 0) is 12.8 Å². The third-order valence-electron chi connectivity index (χ3n) is 2.16. The lowest BCUT2D eigenvalue weighted by Gasteiger charge is -2.16. The van der Waals surface area contributed by atoms with E-state index in [0.29, 0.717) is 17.3 Å². The number of hydrogen-bond acceptors (Lipinski definition) is 5. The minimum atomic E-state index is 0. The van der Waals surface area contributed by atoms with Crippen LogP contribution < -0.4 is 5.73 Å². The summed E-state index contributed by atoms with van der Waals surface area (Å²) in [7, 11) is 0. The standard InChI is InChI=1S/C7H11N5S.ClH/c8-6-5(10-13-11-6)7(9)12-3-1-2-4-12;/h9H,1-4H2,(H2,8,11);1H. The number of anilines is 1. The van der Waals surface area contributed by atoms with E-state index in [2.05, 4.69) is 8.75 Å². The van der Waals surface area contributed by atoms with Crippen LogP contribution in [0.15, 0.2) is 0 Å². The van der Waals surface area contributed by atoms with Gasteiger partial charge in [0.2, 0.25) is 0 Å². The molecule has 1 aromatic heterocycles. The molecule has 1 fully saturated rings. The van der Waals surface area contributed by atoms with Gasteiger partial charge in [0.1, 0.15) is 0 Å². The Morgan fingerprint density at radius 2 is 2.00 bits per heavy atom. The van der Waals surface area contributed by atoms with Gasteiger partial charge < -0.3 is 10.6 Å². The van der Waals surface area contributed by atoms with Gasteiger partial charge in [0, 0.05) is 13.1 Å². The van der Waals surface area contributed by atoms with Crippen LogP contribution in [0.25, 0.3) is 0 Å². The average Bonchev–Trinajstić information content (AvgIpc) is 2.72. The van der Waals surface area contributed by atoms with Crippen molar-refractivity contribution in [2.75, 3.05) is 18.8 Å². The smallest absolute Gasteiger partial charge is 0.168 e. The first-order valence-corrected chi connectivity index (χ1v) is 4.94. The molecule has 2 heterocycles. The predicted octanol–water partition coefficient (Wildman–Crippen LogP) is 0.963. The highest BCUT2D eigenvalue weighted by Crippen LogP contribution is 2.15. The third kappa shape index (κ3) is 1.96. The van der Waals surface area contributed by atoms with E-state index in [4.69, 9.17) is 11.1 Å². The molecule has 0 aromatic carbocycles. The van der Waals surface area contributed by atoms with Crippen molar-refractivity contribution in [3.63, 3.8) is 0 Å². The fraction of sp³-hybridized carbons (Fsp3) is 0.571. The van der Waals surface area contributed by atoms with E-state index in [1.165, 1.54) is 0 Å². The van der Waals surface area contributed by atoms with E-state index in [0.717, 1.165) is 37.7 Å². The topological polar surface area (TPSA) is 78.9 Å². The van der Waals surface area contributed by atoms with Crippen molar-refractivity contribution in [3.8, 4) is 0 Å². The van der Waals surface area contributed by atoms with E-state index >= 15 is 0 Å². The van der Waals surface area contributed by atoms with Gasteiger partial charge in [0.05, 0.1) is 11.7 Å². The Kier molecular flexibility index (Phi) is 3.65. The van der Waals surface area contributed by atoms with E-state index in [1.54, 1.807) is 0 Å². The Bertz CT molecular complexity index is 320. The summed E-state index contributed by atoms with van der Waals surface area (Å²) in [6.07, 6.45) is 2.31. The summed E-state index contributed by atoms with van der Waals surface area (Å²) in [6.45, 7) is 1.88. The van der Waals surface area contributed by atoms with Crippen LogP contribution in [0.2, 0.25) is 0 Å². The second-order valence-corrected chi connectivity index (χ2v) is 3.57. The van der Waals surface area contributed by atoms with Gasteiger partial charge in [0.15, 0.2) is 17.3 Å². The molecule has 1 saturated heterocycles. The molecule has 0 atom stereocenters. The summed E-state index contributed by atoms with van der Waals surface area (Å²) < 4.78 is 7.85. The Hall–Kier alpha value is -0.880. The molecule has 0 amide bonds. The number of nitrogen functional groups attached to an aromatic ring is 1. The Labute approximate surface area is 92.6 Å². The summed E-state index contributed by atoms with van der Waals surface area (Å²) in [5.74, 6) is 0.797. The number of hydrogen-bond donors (Lipinski definition) is 2. The number of nitrogens with two attached hydrogens (primary N) is 1. The average molecular weight is 234 g/mol. The highest BCUT2D eigenvalue weighted by molar-refractivity contribution is 6.99. The van der Waals surface area contributed by atoms with Gasteiger partial charge in [-0.3, -0.25) is 5.41 Å². The van der Waals surface area contributed by atoms with Crippen molar-refractivity contribution in [2.24, 2.45) is 0 Å². The molecule has 0 aliphatic carbocycles. The monoisotopic (exact) mass is 233 g/mol. The molecule has 0 spiro atoms. The molecule has 0 saturated carbocycles. The minimum Gasteiger partial charge on any atom is -0.381 e. The zero-order chi connectivity index (χ0) is 9.26. The fourth-order valence-electron chi connectivity index (χ4n) is 1.45. The number of halogens is 1. The van der Waals surface area contributed by atoms with Gasteiger partial charge in [-0.1, -0.05) is 0 Å². The summed E-state index contributed by atoms with van der Waals surface area (Å²) in [5.41, 5.74) is 6.11. The summed E-state index contributed by atoms with van der Waals surface area (Å²) in [4.78, 5) is 1.99. The van der Waals surface area contributed by atoms with E-state index in [1.807, 2.05) is 4.90 Å². The van der Waals surface area contributed by atoms with Crippen molar-refractivity contribution in [2.45, 2.75) is 12.8 Å². The number of nitrogens with one attached hydrogen (secondary N) is 1. The molecule has 78 valence electrons. The number of rotatable bonds is 1. The Morgan fingerprint density at radius 1 is 1.36 bits per heavy atom. The normalized spacial score (nSPS) is 15.3. The van der Waals surface area contributed by atoms with Crippen LogP contribution in [-0.4, -0.2) is 32.6 Å². The van der Waals surface area contributed by atoms with Gasteiger partial charge in [-0.2, -0.15) is 8.75 Å². The number of amidine groups is 1. The van der Waals surface area contributed by atoms with Crippen molar-refractivity contribution in [3.05, 3.63) is 5.69 Å². The fourth-order valence-corrected chi connectivity index (χ4v) is 1.93. The first-order chi connectivity index (χ1) is 6.29. The summed E-state index contributed by atoms with van der Waals surface area (Å²) in [5, 5.41) is 7.83. The second-order valence-electron chi connectivity index (χ2n) is 3.04. The van der Waals surface area contributed by atoms with Crippen molar-refractivity contribution >= 4 is 35.8 Å². The van der Waals surface area contributed by atoms with Crippen LogP contribution >= 0.6 is 24.1 Å². The quantitative estimate of drug-likeness (QED) is 0.560. The maximum atomic E-state index is 7.83. The second kappa shape index (κ2) is 4.56. The molecule has 1 aromatic rings. The van der Waals surface area contributed by atoms with E-state index in [-0.39, 0.29) is 12.4 Å². The van der Waals surface area contributed by atoms with Gasteiger partial charge in [-0.15, -0.1) is 12.4 Å². The zero-order valence-electron chi connectivity index (χ0n) is 7.56. The van der Waals surface area contributed by atoms with Crippen LogP contribution in [0.1, 0.15) is 18.5 Å². The van der Waals surface area contributed by atoms with Crippen LogP contribution in [0.4, 0.5) is 5.82 Å². The molecule has 0 bridgehead atoms. The van der Waals surface area contributed by atoms with Crippen LogP contribution in [0.5, 0.6) is 0 Å².